The second-order valence-electron chi connectivity index (χ2n) is 5.96. The average molecular weight is 278 g/mol. The van der Waals surface area contributed by atoms with Gasteiger partial charge in [0.25, 0.3) is 0 Å². The zero-order chi connectivity index (χ0) is 14.2. The van der Waals surface area contributed by atoms with Crippen molar-refractivity contribution in [1.82, 2.24) is 19.8 Å². The highest BCUT2D eigenvalue weighted by molar-refractivity contribution is 4.98. The Balaban J connectivity index is 1.92. The van der Waals surface area contributed by atoms with Gasteiger partial charge in [0.05, 0.1) is 12.0 Å². The lowest BCUT2D eigenvalue weighted by Gasteiger charge is -2.26. The van der Waals surface area contributed by atoms with Gasteiger partial charge in [0, 0.05) is 31.9 Å². The summed E-state index contributed by atoms with van der Waals surface area (Å²) in [6, 6.07) is 0.689. The molecule has 1 saturated heterocycles. The number of hydrogen-bond donors (Lipinski definition) is 1. The maximum absolute atomic E-state index is 4.33. The predicted molar refractivity (Wildman–Crippen MR) is 83.7 cm³/mol. The minimum atomic E-state index is 0.689. The molecule has 0 aromatic carbocycles. The van der Waals surface area contributed by atoms with E-state index in [-0.39, 0.29) is 0 Å². The molecule has 0 aliphatic carbocycles. The van der Waals surface area contributed by atoms with Gasteiger partial charge in [0.15, 0.2) is 0 Å². The molecule has 1 aliphatic rings. The normalized spacial score (nSPS) is 19.1. The Morgan fingerprint density at radius 2 is 2.30 bits per heavy atom. The van der Waals surface area contributed by atoms with E-state index >= 15 is 0 Å². The number of unbranched alkanes of at least 4 members (excludes halogenated alkanes) is 1. The third-order valence-electron chi connectivity index (χ3n) is 4.12. The Labute approximate surface area is 123 Å². The average Bonchev–Trinajstić information content (AvgIpc) is 3.09. The summed E-state index contributed by atoms with van der Waals surface area (Å²) in [6.45, 7) is 10.2. The van der Waals surface area contributed by atoms with Crippen LogP contribution in [0.3, 0.4) is 0 Å². The highest BCUT2D eigenvalue weighted by Crippen LogP contribution is 2.12. The van der Waals surface area contributed by atoms with Crippen LogP contribution in [-0.2, 0) is 13.1 Å². The highest BCUT2D eigenvalue weighted by atomic mass is 15.2. The fraction of sp³-hybridized carbons (Fsp3) is 0.812. The summed E-state index contributed by atoms with van der Waals surface area (Å²) in [4.78, 5) is 6.93. The van der Waals surface area contributed by atoms with E-state index in [1.54, 1.807) is 0 Å². The third-order valence-corrected chi connectivity index (χ3v) is 4.12. The van der Waals surface area contributed by atoms with Gasteiger partial charge in [-0.2, -0.15) is 0 Å². The lowest BCUT2D eigenvalue weighted by atomic mass is 10.2. The van der Waals surface area contributed by atoms with E-state index < -0.39 is 0 Å². The molecule has 0 spiro atoms. The summed E-state index contributed by atoms with van der Waals surface area (Å²) in [5, 5.41) is 3.62. The van der Waals surface area contributed by atoms with E-state index in [4.69, 9.17) is 0 Å². The molecule has 114 valence electrons. The van der Waals surface area contributed by atoms with Crippen LogP contribution in [0.2, 0.25) is 0 Å². The Morgan fingerprint density at radius 3 is 3.00 bits per heavy atom. The molecule has 1 unspecified atom stereocenters. The molecule has 2 rings (SSSR count). The first-order valence-electron chi connectivity index (χ1n) is 8.28. The molecule has 1 fully saturated rings. The molecular weight excluding hydrogens is 248 g/mol. The van der Waals surface area contributed by atoms with E-state index in [9.17, 15) is 0 Å². The lowest BCUT2D eigenvalue weighted by Crippen LogP contribution is -2.38. The zero-order valence-electron chi connectivity index (χ0n) is 13.1. The summed E-state index contributed by atoms with van der Waals surface area (Å²) in [5.41, 5.74) is 1.36. The van der Waals surface area contributed by atoms with Gasteiger partial charge in [0.2, 0.25) is 0 Å². The molecule has 4 nitrogen and oxygen atoms in total. The van der Waals surface area contributed by atoms with Gasteiger partial charge in [-0.15, -0.1) is 0 Å². The summed E-state index contributed by atoms with van der Waals surface area (Å²) in [7, 11) is 0. The number of hydrogen-bond acceptors (Lipinski definition) is 3. The van der Waals surface area contributed by atoms with Gasteiger partial charge in [0.1, 0.15) is 0 Å². The molecule has 1 aromatic heterocycles. The Hall–Kier alpha value is -0.870. The van der Waals surface area contributed by atoms with E-state index in [0.717, 1.165) is 13.1 Å². The van der Waals surface area contributed by atoms with Crippen LogP contribution in [0, 0.1) is 0 Å². The van der Waals surface area contributed by atoms with Crippen LogP contribution >= 0.6 is 0 Å². The number of imidazole rings is 1. The highest BCUT2D eigenvalue weighted by Gasteiger charge is 2.18. The molecular formula is C16H30N4. The van der Waals surface area contributed by atoms with Gasteiger partial charge in [-0.1, -0.05) is 20.3 Å². The number of nitrogens with one attached hydrogen (secondary N) is 1. The first-order valence-corrected chi connectivity index (χ1v) is 8.28. The van der Waals surface area contributed by atoms with E-state index in [1.165, 1.54) is 57.4 Å². The van der Waals surface area contributed by atoms with E-state index in [1.807, 2.05) is 12.5 Å². The van der Waals surface area contributed by atoms with Gasteiger partial charge in [-0.25, -0.2) is 4.98 Å². The molecule has 0 saturated carbocycles. The van der Waals surface area contributed by atoms with Crippen molar-refractivity contribution in [2.24, 2.45) is 0 Å². The minimum absolute atomic E-state index is 0.689. The molecule has 0 amide bonds. The number of aromatic nitrogens is 2. The second-order valence-corrected chi connectivity index (χ2v) is 5.96. The molecule has 0 bridgehead atoms. The predicted octanol–water partition coefficient (Wildman–Crippen LogP) is 2.65. The first kappa shape index (κ1) is 15.5. The topological polar surface area (TPSA) is 33.1 Å². The van der Waals surface area contributed by atoms with E-state index in [2.05, 4.69) is 33.6 Å². The molecule has 1 aliphatic heterocycles. The number of rotatable bonds is 9. The lowest BCUT2D eigenvalue weighted by molar-refractivity contribution is 0.232. The van der Waals surface area contributed by atoms with Crippen LogP contribution < -0.4 is 5.32 Å². The van der Waals surface area contributed by atoms with Crippen molar-refractivity contribution in [1.29, 1.82) is 0 Å². The smallest absolute Gasteiger partial charge is 0.0948 e. The standard InChI is InChI=1S/C16H30N4/c1-3-5-10-19(12-15-7-6-8-18-15)13-16-11-17-14-20(16)9-4-2/h11,14-15,18H,3-10,12-13H2,1-2H3. The van der Waals surface area contributed by atoms with Crippen molar-refractivity contribution < 1.29 is 0 Å². The second kappa shape index (κ2) is 8.42. The van der Waals surface area contributed by atoms with Crippen LogP contribution in [0.15, 0.2) is 12.5 Å². The molecule has 20 heavy (non-hydrogen) atoms. The fourth-order valence-electron chi connectivity index (χ4n) is 2.99. The number of nitrogens with zero attached hydrogens (tertiary/aromatic N) is 3. The maximum Gasteiger partial charge on any atom is 0.0948 e. The minimum Gasteiger partial charge on any atom is -0.333 e. The fourth-order valence-corrected chi connectivity index (χ4v) is 2.99. The van der Waals surface area contributed by atoms with Crippen LogP contribution in [0.4, 0.5) is 0 Å². The van der Waals surface area contributed by atoms with Gasteiger partial charge < -0.3 is 9.88 Å². The van der Waals surface area contributed by atoms with Crippen molar-refractivity contribution in [3.05, 3.63) is 18.2 Å². The summed E-state index contributed by atoms with van der Waals surface area (Å²) < 4.78 is 2.31. The van der Waals surface area contributed by atoms with Crippen LogP contribution in [0.1, 0.15) is 51.6 Å². The summed E-state index contributed by atoms with van der Waals surface area (Å²) >= 11 is 0. The molecule has 2 heterocycles. The van der Waals surface area contributed by atoms with Crippen LogP contribution in [-0.4, -0.2) is 40.1 Å². The first-order chi connectivity index (χ1) is 9.83. The van der Waals surface area contributed by atoms with Gasteiger partial charge in [-0.05, 0) is 38.8 Å². The third kappa shape index (κ3) is 4.60. The van der Waals surface area contributed by atoms with Gasteiger partial charge in [-0.3, -0.25) is 4.90 Å². The van der Waals surface area contributed by atoms with Crippen LogP contribution in [0.5, 0.6) is 0 Å². The molecule has 1 aromatic rings. The maximum atomic E-state index is 4.33. The van der Waals surface area contributed by atoms with Crippen molar-refractivity contribution in [2.75, 3.05) is 19.6 Å². The number of aryl methyl sites for hydroxylation is 1. The Morgan fingerprint density at radius 1 is 1.40 bits per heavy atom. The van der Waals surface area contributed by atoms with Crippen molar-refractivity contribution in [3.63, 3.8) is 0 Å². The van der Waals surface area contributed by atoms with Gasteiger partial charge >= 0.3 is 0 Å². The molecule has 0 radical (unpaired) electrons. The molecule has 4 heteroatoms. The SMILES string of the molecule is CCCCN(Cc1cncn1CCC)CC1CCCN1. The van der Waals surface area contributed by atoms with Crippen molar-refractivity contribution >= 4 is 0 Å². The van der Waals surface area contributed by atoms with E-state index in [0.29, 0.717) is 6.04 Å². The summed E-state index contributed by atoms with van der Waals surface area (Å²) in [5.74, 6) is 0. The quantitative estimate of drug-likeness (QED) is 0.754. The monoisotopic (exact) mass is 278 g/mol. The molecule has 1 atom stereocenters. The van der Waals surface area contributed by atoms with Crippen molar-refractivity contribution in [3.8, 4) is 0 Å². The Bertz CT molecular complexity index is 368. The van der Waals surface area contributed by atoms with Crippen LogP contribution in [0.25, 0.3) is 0 Å². The van der Waals surface area contributed by atoms with Crippen molar-refractivity contribution in [2.45, 2.75) is 65.1 Å². The Kier molecular flexibility index (Phi) is 6.54. The largest absolute Gasteiger partial charge is 0.333 e. The molecule has 1 N–H and O–H groups in total. The zero-order valence-corrected chi connectivity index (χ0v) is 13.1. The summed E-state index contributed by atoms with van der Waals surface area (Å²) in [6.07, 6.45) is 10.4.